The van der Waals surface area contributed by atoms with E-state index in [0.29, 0.717) is 6.54 Å². The number of hydrogen-bond donors (Lipinski definition) is 3. The maximum Gasteiger partial charge on any atom is 0.251 e. The van der Waals surface area contributed by atoms with Gasteiger partial charge in [0.05, 0.1) is 7.11 Å². The van der Waals surface area contributed by atoms with Crippen molar-refractivity contribution in [3.8, 4) is 5.75 Å². The predicted molar refractivity (Wildman–Crippen MR) is 84.9 cm³/mol. The maximum atomic E-state index is 12.2. The van der Waals surface area contributed by atoms with E-state index in [4.69, 9.17) is 4.74 Å². The Hall–Kier alpha value is -2.13. The summed E-state index contributed by atoms with van der Waals surface area (Å²) in [6.07, 6.45) is 0. The first-order valence-corrected chi connectivity index (χ1v) is 8.45. The summed E-state index contributed by atoms with van der Waals surface area (Å²) < 4.78 is 31.1. The second kappa shape index (κ2) is 7.93. The van der Waals surface area contributed by atoms with E-state index in [1.807, 2.05) is 0 Å². The molecule has 23 heavy (non-hydrogen) atoms. The second-order valence-electron chi connectivity index (χ2n) is 4.66. The third kappa shape index (κ3) is 4.67. The van der Waals surface area contributed by atoms with E-state index in [-0.39, 0.29) is 22.1 Å². The highest BCUT2D eigenvalue weighted by Gasteiger charge is 2.21. The van der Waals surface area contributed by atoms with Gasteiger partial charge in [-0.2, -0.15) is 0 Å². The van der Waals surface area contributed by atoms with E-state index in [1.54, 1.807) is 6.92 Å². The number of sulfonamides is 1. The van der Waals surface area contributed by atoms with Gasteiger partial charge in [-0.3, -0.25) is 9.59 Å². The van der Waals surface area contributed by atoms with E-state index in [1.165, 1.54) is 39.3 Å². The summed E-state index contributed by atoms with van der Waals surface area (Å²) in [6, 6.07) is 3.27. The minimum absolute atomic E-state index is 0.107. The topological polar surface area (TPSA) is 114 Å². The number of carbonyl (C=O) groups is 2. The van der Waals surface area contributed by atoms with Gasteiger partial charge in [0, 0.05) is 12.1 Å². The molecule has 0 unspecified atom stereocenters. The highest BCUT2D eigenvalue weighted by Crippen LogP contribution is 2.24. The van der Waals surface area contributed by atoms with Crippen LogP contribution in [0.4, 0.5) is 0 Å². The van der Waals surface area contributed by atoms with Gasteiger partial charge < -0.3 is 15.4 Å². The fraction of sp³-hybridized carbons (Fsp3) is 0.429. The van der Waals surface area contributed by atoms with Gasteiger partial charge in [0.15, 0.2) is 0 Å². The van der Waals surface area contributed by atoms with E-state index < -0.39 is 22.0 Å². The second-order valence-corrected chi connectivity index (χ2v) is 6.52. The van der Waals surface area contributed by atoms with Crippen LogP contribution in [0.2, 0.25) is 0 Å². The van der Waals surface area contributed by atoms with Crippen LogP contribution in [0.5, 0.6) is 5.75 Å². The van der Waals surface area contributed by atoms with Gasteiger partial charge in [-0.05, 0) is 39.1 Å². The molecule has 0 radical (unpaired) electrons. The van der Waals surface area contributed by atoms with Crippen LogP contribution in [0.1, 0.15) is 24.2 Å². The highest BCUT2D eigenvalue weighted by atomic mass is 32.2. The van der Waals surface area contributed by atoms with E-state index in [9.17, 15) is 18.0 Å². The molecular weight excluding hydrogens is 322 g/mol. The fourth-order valence-corrected chi connectivity index (χ4v) is 2.73. The summed E-state index contributed by atoms with van der Waals surface area (Å²) in [7, 11) is -1.19. The molecule has 1 atom stereocenters. The normalized spacial score (nSPS) is 12.3. The Labute approximate surface area is 135 Å². The van der Waals surface area contributed by atoms with Crippen LogP contribution < -0.4 is 20.1 Å². The van der Waals surface area contributed by atoms with Crippen molar-refractivity contribution in [2.24, 2.45) is 0 Å². The number of methoxy groups -OCH3 is 1. The number of amides is 2. The molecule has 0 aliphatic rings. The number of carbonyl (C=O) groups excluding carboxylic acids is 2. The zero-order valence-corrected chi connectivity index (χ0v) is 14.3. The Balaban J connectivity index is 3.08. The monoisotopic (exact) mass is 343 g/mol. The number of nitrogens with one attached hydrogen (secondary N) is 3. The molecular formula is C14H21N3O5S. The molecule has 0 aliphatic heterocycles. The van der Waals surface area contributed by atoms with Gasteiger partial charge in [0.2, 0.25) is 15.9 Å². The summed E-state index contributed by atoms with van der Waals surface area (Å²) >= 11 is 0. The van der Waals surface area contributed by atoms with E-state index in [0.717, 1.165) is 0 Å². The molecule has 9 heteroatoms. The highest BCUT2D eigenvalue weighted by molar-refractivity contribution is 7.89. The van der Waals surface area contributed by atoms with Crippen molar-refractivity contribution in [2.45, 2.75) is 24.8 Å². The molecule has 8 nitrogen and oxygen atoms in total. The molecule has 0 spiro atoms. The number of rotatable bonds is 7. The Morgan fingerprint density at radius 1 is 1.30 bits per heavy atom. The Bertz CT molecular complexity index is 688. The third-order valence-electron chi connectivity index (χ3n) is 3.08. The predicted octanol–water partition coefficient (Wildman–Crippen LogP) is -0.142. The van der Waals surface area contributed by atoms with Crippen LogP contribution in [0.3, 0.4) is 0 Å². The van der Waals surface area contributed by atoms with E-state index in [2.05, 4.69) is 15.4 Å². The fourth-order valence-electron chi connectivity index (χ4n) is 1.81. The minimum Gasteiger partial charge on any atom is -0.495 e. The van der Waals surface area contributed by atoms with E-state index >= 15 is 0 Å². The third-order valence-corrected chi connectivity index (χ3v) is 4.51. The number of benzene rings is 1. The van der Waals surface area contributed by atoms with Gasteiger partial charge in [0.1, 0.15) is 16.7 Å². The number of hydrogen-bond acceptors (Lipinski definition) is 5. The van der Waals surface area contributed by atoms with Crippen molar-refractivity contribution in [1.29, 1.82) is 0 Å². The summed E-state index contributed by atoms with van der Waals surface area (Å²) in [5.41, 5.74) is 0.107. The van der Waals surface area contributed by atoms with Gasteiger partial charge in [-0.15, -0.1) is 0 Å². The lowest BCUT2D eigenvalue weighted by molar-refractivity contribution is -0.122. The molecule has 1 rings (SSSR count). The SMILES string of the molecule is CCNC(=O)[C@H](C)NC(=O)c1ccc(OC)c(S(=O)(=O)NC)c1. The maximum absolute atomic E-state index is 12.2. The summed E-state index contributed by atoms with van der Waals surface area (Å²) in [5, 5.41) is 5.09. The van der Waals surface area contributed by atoms with Crippen molar-refractivity contribution >= 4 is 21.8 Å². The zero-order chi connectivity index (χ0) is 17.6. The minimum atomic E-state index is -3.78. The first-order valence-electron chi connectivity index (χ1n) is 6.97. The van der Waals surface area contributed by atoms with Crippen LogP contribution in [0.25, 0.3) is 0 Å². The van der Waals surface area contributed by atoms with Crippen LogP contribution in [0, 0.1) is 0 Å². The Kier molecular flexibility index (Phi) is 6.52. The lowest BCUT2D eigenvalue weighted by Crippen LogP contribution is -2.44. The van der Waals surface area contributed by atoms with Crippen LogP contribution in [-0.2, 0) is 14.8 Å². The molecule has 0 fully saturated rings. The molecule has 0 aromatic heterocycles. The molecule has 0 saturated heterocycles. The number of likely N-dealkylation sites (N-methyl/N-ethyl adjacent to an activating group) is 1. The molecule has 3 N–H and O–H groups in total. The summed E-state index contributed by atoms with van der Waals surface area (Å²) in [6.45, 7) is 3.76. The zero-order valence-electron chi connectivity index (χ0n) is 13.5. The van der Waals surface area contributed by atoms with Gasteiger partial charge >= 0.3 is 0 Å². The summed E-state index contributed by atoms with van der Waals surface area (Å²) in [4.78, 5) is 23.7. The molecule has 0 heterocycles. The van der Waals surface area contributed by atoms with Gasteiger partial charge in [0.25, 0.3) is 5.91 Å². The van der Waals surface area contributed by atoms with Crippen molar-refractivity contribution in [3.05, 3.63) is 23.8 Å². The molecule has 1 aromatic rings. The van der Waals surface area contributed by atoms with Gasteiger partial charge in [-0.1, -0.05) is 0 Å². The average molecular weight is 343 g/mol. The average Bonchev–Trinajstić information content (AvgIpc) is 2.54. The molecule has 0 saturated carbocycles. The Morgan fingerprint density at radius 2 is 1.96 bits per heavy atom. The van der Waals surface area contributed by atoms with Crippen LogP contribution in [-0.4, -0.2) is 47.0 Å². The van der Waals surface area contributed by atoms with Crippen LogP contribution in [0.15, 0.2) is 23.1 Å². The standard InChI is InChI=1S/C14H21N3O5S/c1-5-16-13(18)9(2)17-14(19)10-6-7-11(22-4)12(8-10)23(20,21)15-3/h6-9,15H,5H2,1-4H3,(H,16,18)(H,17,19)/t9-/m0/s1. The Morgan fingerprint density at radius 3 is 2.48 bits per heavy atom. The number of ether oxygens (including phenoxy) is 1. The molecule has 2 amide bonds. The molecule has 1 aromatic carbocycles. The summed E-state index contributed by atoms with van der Waals surface area (Å²) in [5.74, 6) is -0.760. The first-order chi connectivity index (χ1) is 10.8. The van der Waals surface area contributed by atoms with Crippen LogP contribution >= 0.6 is 0 Å². The molecule has 128 valence electrons. The lowest BCUT2D eigenvalue weighted by atomic mass is 10.2. The smallest absolute Gasteiger partial charge is 0.251 e. The largest absolute Gasteiger partial charge is 0.495 e. The van der Waals surface area contributed by atoms with Crippen molar-refractivity contribution < 1.29 is 22.7 Å². The molecule has 0 bridgehead atoms. The quantitative estimate of drug-likeness (QED) is 0.637. The molecule has 0 aliphatic carbocycles. The van der Waals surface area contributed by atoms with Crippen molar-refractivity contribution in [1.82, 2.24) is 15.4 Å². The van der Waals surface area contributed by atoms with Gasteiger partial charge in [-0.25, -0.2) is 13.1 Å². The first kappa shape index (κ1) is 18.9. The van der Waals surface area contributed by atoms with Crippen molar-refractivity contribution in [2.75, 3.05) is 20.7 Å². The van der Waals surface area contributed by atoms with Crippen molar-refractivity contribution in [3.63, 3.8) is 0 Å². The lowest BCUT2D eigenvalue weighted by Gasteiger charge is -2.14.